The molecule has 0 aromatic carbocycles. The summed E-state index contributed by atoms with van der Waals surface area (Å²) in [5.41, 5.74) is 3.48. The van der Waals surface area contributed by atoms with Crippen LogP contribution < -0.4 is 0 Å². The number of ether oxygens (including phenoxy) is 2. The zero-order chi connectivity index (χ0) is 27.2. The molecule has 4 nitrogen and oxygen atoms in total. The molecule has 1 aromatic rings. The molecular weight excluding hydrogens is 468 g/mol. The van der Waals surface area contributed by atoms with E-state index in [-0.39, 0.29) is 17.6 Å². The Labute approximate surface area is 232 Å². The molecule has 4 fully saturated rings. The summed E-state index contributed by atoms with van der Waals surface area (Å²) in [6.45, 7) is 22.1. The van der Waals surface area contributed by atoms with E-state index in [0.717, 1.165) is 48.3 Å². The molecule has 0 amide bonds. The Hall–Kier alpha value is -0.870. The Balaban J connectivity index is 1.31. The third-order valence-corrected chi connectivity index (χ3v) is 13.5. The fraction of sp³-hybridized carbons (Fsp3) is 0.912. The lowest BCUT2D eigenvalue weighted by Crippen LogP contribution is -2.63. The molecule has 214 valence electrons. The monoisotopic (exact) mass is 524 g/mol. The van der Waals surface area contributed by atoms with Gasteiger partial charge in [0.1, 0.15) is 0 Å². The first-order valence-corrected chi connectivity index (χ1v) is 16.3. The van der Waals surface area contributed by atoms with E-state index in [1.54, 1.807) is 0 Å². The van der Waals surface area contributed by atoms with E-state index >= 15 is 0 Å². The number of hydrogen-bond donors (Lipinski definition) is 1. The number of nitrogens with one attached hydrogen (secondary N) is 1. The molecule has 1 saturated heterocycles. The zero-order valence-corrected chi connectivity index (χ0v) is 25.8. The predicted molar refractivity (Wildman–Crippen MR) is 154 cm³/mol. The van der Waals surface area contributed by atoms with Crippen molar-refractivity contribution in [2.24, 2.45) is 64.1 Å². The second-order valence-corrected chi connectivity index (χ2v) is 15.9. The van der Waals surface area contributed by atoms with Crippen LogP contribution in [0.15, 0.2) is 6.20 Å². The minimum Gasteiger partial charge on any atom is -0.344 e. The molecule has 2 unspecified atom stereocenters. The fourth-order valence-electron chi connectivity index (χ4n) is 11.3. The van der Waals surface area contributed by atoms with Gasteiger partial charge in [0.25, 0.3) is 0 Å². The zero-order valence-electron chi connectivity index (χ0n) is 25.8. The Morgan fingerprint density at radius 3 is 2.37 bits per heavy atom. The van der Waals surface area contributed by atoms with Gasteiger partial charge in [-0.2, -0.15) is 5.10 Å². The van der Waals surface area contributed by atoms with Gasteiger partial charge in [0, 0.05) is 5.69 Å². The molecule has 1 N–H and O–H groups in total. The summed E-state index contributed by atoms with van der Waals surface area (Å²) in [4.78, 5) is 0. The number of aromatic amines is 1. The first kappa shape index (κ1) is 27.3. The van der Waals surface area contributed by atoms with Gasteiger partial charge in [0.15, 0.2) is 5.79 Å². The molecule has 1 aliphatic heterocycles. The van der Waals surface area contributed by atoms with E-state index in [1.165, 1.54) is 49.8 Å². The summed E-state index contributed by atoms with van der Waals surface area (Å²) in [6, 6.07) is 0. The molecule has 2 heterocycles. The molecule has 5 aliphatic rings. The average Bonchev–Trinajstić information content (AvgIpc) is 3.53. The minimum atomic E-state index is -0.487. The van der Waals surface area contributed by atoms with Crippen LogP contribution in [0.2, 0.25) is 0 Å². The van der Waals surface area contributed by atoms with Crippen molar-refractivity contribution in [1.29, 1.82) is 0 Å². The van der Waals surface area contributed by atoms with Crippen molar-refractivity contribution in [2.75, 3.05) is 0 Å². The van der Waals surface area contributed by atoms with Crippen molar-refractivity contribution in [3.8, 4) is 0 Å². The second-order valence-electron chi connectivity index (χ2n) is 15.9. The van der Waals surface area contributed by atoms with Gasteiger partial charge in [-0.25, -0.2) is 0 Å². The van der Waals surface area contributed by atoms with Crippen LogP contribution in [0.3, 0.4) is 0 Å². The van der Waals surface area contributed by atoms with Crippen LogP contribution in [0.4, 0.5) is 0 Å². The Kier molecular flexibility index (Phi) is 6.70. The normalized spacial score (nSPS) is 45.5. The summed E-state index contributed by atoms with van der Waals surface area (Å²) < 4.78 is 13.8. The maximum atomic E-state index is 6.93. The van der Waals surface area contributed by atoms with E-state index in [1.807, 2.05) is 0 Å². The average molecular weight is 525 g/mol. The Morgan fingerprint density at radius 2 is 1.66 bits per heavy atom. The van der Waals surface area contributed by atoms with Gasteiger partial charge in [0.2, 0.25) is 0 Å². The summed E-state index contributed by atoms with van der Waals surface area (Å²) >= 11 is 0. The van der Waals surface area contributed by atoms with Gasteiger partial charge in [-0.1, -0.05) is 54.9 Å². The van der Waals surface area contributed by atoms with Crippen molar-refractivity contribution in [3.63, 3.8) is 0 Å². The number of nitrogens with zero attached hydrogens (tertiary/aromatic N) is 1. The van der Waals surface area contributed by atoms with Crippen LogP contribution in [0.25, 0.3) is 0 Å². The van der Waals surface area contributed by atoms with E-state index < -0.39 is 5.79 Å². The molecular formula is C34H56N2O2. The van der Waals surface area contributed by atoms with Gasteiger partial charge in [-0.3, -0.25) is 5.10 Å². The van der Waals surface area contributed by atoms with Crippen molar-refractivity contribution in [2.45, 2.75) is 132 Å². The van der Waals surface area contributed by atoms with Crippen LogP contribution >= 0.6 is 0 Å². The standard InChI is InChI=1S/C34H56N2O2/c1-10-22(19(2)3)15-20(4)21(5)24-11-12-25-29-26(13-14-33(24,25)8)34(9)17-23-18-35-36-28(23)16-27(34)30-31(29)38-32(6,7)37-30/h18-22,24-27,29-31H,10-17H2,1-9H3,(H,35,36)/t20?,21-,22-,24?,25+,26+,27-,29+,30-,31-,33-,34-/m1/s1. The van der Waals surface area contributed by atoms with Crippen molar-refractivity contribution < 1.29 is 9.47 Å². The number of rotatable bonds is 6. The molecule has 6 rings (SSSR count). The van der Waals surface area contributed by atoms with E-state index in [4.69, 9.17) is 9.47 Å². The van der Waals surface area contributed by atoms with Gasteiger partial charge >= 0.3 is 0 Å². The lowest BCUT2D eigenvalue weighted by molar-refractivity contribution is -0.174. The number of aromatic nitrogens is 2. The number of H-pyrrole nitrogens is 1. The first-order valence-electron chi connectivity index (χ1n) is 16.3. The number of hydrogen-bond acceptors (Lipinski definition) is 3. The van der Waals surface area contributed by atoms with Crippen LogP contribution in [-0.4, -0.2) is 28.2 Å². The first-order chi connectivity index (χ1) is 17.9. The largest absolute Gasteiger partial charge is 0.344 e. The third-order valence-electron chi connectivity index (χ3n) is 13.5. The summed E-state index contributed by atoms with van der Waals surface area (Å²) in [5.74, 6) is 6.16. The van der Waals surface area contributed by atoms with Crippen LogP contribution in [0.5, 0.6) is 0 Å². The van der Waals surface area contributed by atoms with Crippen LogP contribution in [0, 0.1) is 64.1 Å². The van der Waals surface area contributed by atoms with Crippen molar-refractivity contribution in [1.82, 2.24) is 10.2 Å². The van der Waals surface area contributed by atoms with E-state index in [9.17, 15) is 0 Å². The second kappa shape index (κ2) is 9.33. The van der Waals surface area contributed by atoms with Gasteiger partial charge in [0.05, 0.1) is 18.4 Å². The van der Waals surface area contributed by atoms with Gasteiger partial charge in [-0.05, 0) is 128 Å². The molecule has 12 atom stereocenters. The highest BCUT2D eigenvalue weighted by atomic mass is 16.8. The van der Waals surface area contributed by atoms with Crippen LogP contribution in [-0.2, 0) is 22.3 Å². The molecule has 4 heteroatoms. The SMILES string of the molecule is CC[C@H](CC(C)[C@@H](C)C1CC[C@H]2[C@@H]3[C@H]4OC(C)(C)O[C@@H]4[C@H]4Cc5[nH]ncc5C[C@]4(C)[C@H]3CC[C@]12C)C(C)C. The summed E-state index contributed by atoms with van der Waals surface area (Å²) in [7, 11) is 0. The van der Waals surface area contributed by atoms with Gasteiger partial charge in [-0.15, -0.1) is 0 Å². The lowest BCUT2D eigenvalue weighted by Gasteiger charge is -2.63. The maximum Gasteiger partial charge on any atom is 0.163 e. The molecule has 0 spiro atoms. The Bertz CT molecular complexity index is 1020. The lowest BCUT2D eigenvalue weighted by atomic mass is 9.43. The minimum absolute atomic E-state index is 0.196. The van der Waals surface area contributed by atoms with E-state index in [2.05, 4.69) is 78.7 Å². The van der Waals surface area contributed by atoms with Gasteiger partial charge < -0.3 is 9.47 Å². The summed E-state index contributed by atoms with van der Waals surface area (Å²) in [5, 5.41) is 7.79. The van der Waals surface area contributed by atoms with Crippen LogP contribution in [0.1, 0.15) is 112 Å². The summed E-state index contributed by atoms with van der Waals surface area (Å²) in [6.07, 6.45) is 13.0. The smallest absolute Gasteiger partial charge is 0.163 e. The Morgan fingerprint density at radius 1 is 0.947 bits per heavy atom. The fourth-order valence-corrected chi connectivity index (χ4v) is 11.3. The van der Waals surface area contributed by atoms with Crippen molar-refractivity contribution in [3.05, 3.63) is 17.5 Å². The van der Waals surface area contributed by atoms with E-state index in [0.29, 0.717) is 23.2 Å². The number of fused-ring (bicyclic) bond motifs is 9. The predicted octanol–water partition coefficient (Wildman–Crippen LogP) is 8.07. The molecule has 1 aromatic heterocycles. The molecule has 38 heavy (non-hydrogen) atoms. The molecule has 0 radical (unpaired) electrons. The molecule has 0 bridgehead atoms. The van der Waals surface area contributed by atoms with Crippen molar-refractivity contribution >= 4 is 0 Å². The highest BCUT2D eigenvalue weighted by molar-refractivity contribution is 5.28. The highest BCUT2D eigenvalue weighted by Gasteiger charge is 2.68. The molecule has 4 aliphatic carbocycles. The molecule has 3 saturated carbocycles. The quantitative estimate of drug-likeness (QED) is 0.409. The maximum absolute atomic E-state index is 6.93. The third kappa shape index (κ3) is 4.00. The topological polar surface area (TPSA) is 47.1 Å². The highest BCUT2D eigenvalue weighted by Crippen LogP contribution is 2.70.